The van der Waals surface area contributed by atoms with Crippen LogP contribution >= 0.6 is 0 Å². The SMILES string of the molecule is CCC1CC[C@H]2CC(=O)O[C@@H]12. The number of ether oxygens (including phenoxy) is 1. The van der Waals surface area contributed by atoms with E-state index in [1.54, 1.807) is 0 Å². The Kier molecular flexibility index (Phi) is 1.63. The predicted molar refractivity (Wildman–Crippen MR) is 41.0 cm³/mol. The lowest BCUT2D eigenvalue weighted by atomic mass is 9.99. The molecule has 0 N–H and O–H groups in total. The van der Waals surface area contributed by atoms with Crippen LogP contribution in [0.3, 0.4) is 0 Å². The fourth-order valence-electron chi connectivity index (χ4n) is 2.40. The van der Waals surface area contributed by atoms with Crippen molar-refractivity contribution in [1.82, 2.24) is 0 Å². The van der Waals surface area contributed by atoms with E-state index in [4.69, 9.17) is 4.74 Å². The zero-order valence-electron chi connectivity index (χ0n) is 6.88. The number of carbonyl (C=O) groups excluding carboxylic acids is 1. The molecule has 3 atom stereocenters. The summed E-state index contributed by atoms with van der Waals surface area (Å²) < 4.78 is 5.25. The summed E-state index contributed by atoms with van der Waals surface area (Å²) in [6.45, 7) is 2.18. The van der Waals surface area contributed by atoms with E-state index in [0.717, 1.165) is 6.42 Å². The number of carbonyl (C=O) groups is 1. The number of esters is 1. The average Bonchev–Trinajstić information content (AvgIpc) is 2.45. The number of hydrogen-bond acceptors (Lipinski definition) is 2. The molecule has 0 bridgehead atoms. The van der Waals surface area contributed by atoms with Crippen molar-refractivity contribution in [2.24, 2.45) is 11.8 Å². The van der Waals surface area contributed by atoms with E-state index < -0.39 is 0 Å². The van der Waals surface area contributed by atoms with Crippen LogP contribution in [0, 0.1) is 11.8 Å². The molecule has 1 unspecified atom stereocenters. The molecule has 1 heterocycles. The summed E-state index contributed by atoms with van der Waals surface area (Å²) in [7, 11) is 0. The van der Waals surface area contributed by atoms with Crippen molar-refractivity contribution in [2.75, 3.05) is 0 Å². The monoisotopic (exact) mass is 154 g/mol. The normalized spacial score (nSPS) is 42.3. The Labute approximate surface area is 66.9 Å². The van der Waals surface area contributed by atoms with Crippen molar-refractivity contribution in [2.45, 2.75) is 38.7 Å². The van der Waals surface area contributed by atoms with E-state index in [1.807, 2.05) is 0 Å². The molecule has 0 radical (unpaired) electrons. The van der Waals surface area contributed by atoms with Crippen molar-refractivity contribution < 1.29 is 9.53 Å². The summed E-state index contributed by atoms with van der Waals surface area (Å²) >= 11 is 0. The molecule has 2 aliphatic rings. The second-order valence-corrected chi connectivity index (χ2v) is 3.66. The Bertz CT molecular complexity index is 176. The first-order valence-corrected chi connectivity index (χ1v) is 4.50. The van der Waals surface area contributed by atoms with E-state index in [1.165, 1.54) is 12.8 Å². The van der Waals surface area contributed by atoms with Crippen LogP contribution in [0.4, 0.5) is 0 Å². The van der Waals surface area contributed by atoms with E-state index >= 15 is 0 Å². The first kappa shape index (κ1) is 7.14. The summed E-state index contributed by atoms with van der Waals surface area (Å²) in [6.07, 6.45) is 4.59. The van der Waals surface area contributed by atoms with Gasteiger partial charge in [0.2, 0.25) is 0 Å². The second-order valence-electron chi connectivity index (χ2n) is 3.66. The van der Waals surface area contributed by atoms with E-state index in [-0.39, 0.29) is 12.1 Å². The van der Waals surface area contributed by atoms with Gasteiger partial charge >= 0.3 is 5.97 Å². The van der Waals surface area contributed by atoms with Crippen LogP contribution in [0.2, 0.25) is 0 Å². The summed E-state index contributed by atoms with van der Waals surface area (Å²) in [4.78, 5) is 10.9. The molecule has 11 heavy (non-hydrogen) atoms. The van der Waals surface area contributed by atoms with Gasteiger partial charge in [0, 0.05) is 5.92 Å². The lowest BCUT2D eigenvalue weighted by Crippen LogP contribution is -2.17. The molecule has 0 aromatic carbocycles. The van der Waals surface area contributed by atoms with Gasteiger partial charge in [-0.3, -0.25) is 4.79 Å². The van der Waals surface area contributed by atoms with Crippen LogP contribution < -0.4 is 0 Å². The molecule has 2 heteroatoms. The molecule has 0 spiro atoms. The molecule has 1 saturated carbocycles. The van der Waals surface area contributed by atoms with Gasteiger partial charge in [0.15, 0.2) is 0 Å². The maximum absolute atomic E-state index is 10.9. The Morgan fingerprint density at radius 2 is 2.36 bits per heavy atom. The van der Waals surface area contributed by atoms with Crippen LogP contribution in [0.1, 0.15) is 32.6 Å². The maximum Gasteiger partial charge on any atom is 0.306 e. The smallest absolute Gasteiger partial charge is 0.306 e. The number of fused-ring (bicyclic) bond motifs is 1. The molecular formula is C9H14O2. The molecule has 2 nitrogen and oxygen atoms in total. The van der Waals surface area contributed by atoms with Crippen LogP contribution in [0.25, 0.3) is 0 Å². The van der Waals surface area contributed by atoms with Gasteiger partial charge in [-0.05, 0) is 25.2 Å². The largest absolute Gasteiger partial charge is 0.462 e. The highest BCUT2D eigenvalue weighted by Gasteiger charge is 2.43. The Balaban J connectivity index is 2.07. The third kappa shape index (κ3) is 1.05. The van der Waals surface area contributed by atoms with Crippen molar-refractivity contribution in [3.05, 3.63) is 0 Å². The summed E-state index contributed by atoms with van der Waals surface area (Å²) in [5.41, 5.74) is 0. The average molecular weight is 154 g/mol. The van der Waals surface area contributed by atoms with E-state index in [0.29, 0.717) is 18.3 Å². The van der Waals surface area contributed by atoms with Crippen molar-refractivity contribution in [3.8, 4) is 0 Å². The van der Waals surface area contributed by atoms with Gasteiger partial charge in [0.1, 0.15) is 6.10 Å². The van der Waals surface area contributed by atoms with Crippen molar-refractivity contribution >= 4 is 5.97 Å². The zero-order valence-corrected chi connectivity index (χ0v) is 6.88. The van der Waals surface area contributed by atoms with Crippen LogP contribution in [-0.2, 0) is 9.53 Å². The van der Waals surface area contributed by atoms with Gasteiger partial charge in [0.25, 0.3) is 0 Å². The first-order valence-electron chi connectivity index (χ1n) is 4.50. The first-order chi connectivity index (χ1) is 5.31. The molecule has 2 fully saturated rings. The highest BCUT2D eigenvalue weighted by atomic mass is 16.6. The second kappa shape index (κ2) is 2.50. The fraction of sp³-hybridized carbons (Fsp3) is 0.889. The molecule has 1 aliphatic heterocycles. The molecule has 0 aromatic rings. The quantitative estimate of drug-likeness (QED) is 0.538. The molecular weight excluding hydrogens is 140 g/mol. The van der Waals surface area contributed by atoms with E-state index in [9.17, 15) is 4.79 Å². The Morgan fingerprint density at radius 3 is 3.09 bits per heavy atom. The molecule has 0 amide bonds. The molecule has 1 aliphatic carbocycles. The van der Waals surface area contributed by atoms with Gasteiger partial charge in [-0.2, -0.15) is 0 Å². The number of rotatable bonds is 1. The maximum atomic E-state index is 10.9. The predicted octanol–water partition coefficient (Wildman–Crippen LogP) is 1.74. The topological polar surface area (TPSA) is 26.3 Å². The lowest BCUT2D eigenvalue weighted by molar-refractivity contribution is -0.143. The van der Waals surface area contributed by atoms with Crippen LogP contribution in [-0.4, -0.2) is 12.1 Å². The standard InChI is InChI=1S/C9H14O2/c1-2-6-3-4-7-5-8(10)11-9(6)7/h6-7,9H,2-5H2,1H3/t6?,7-,9-/m0/s1. The molecule has 0 aromatic heterocycles. The zero-order chi connectivity index (χ0) is 7.84. The van der Waals surface area contributed by atoms with Gasteiger partial charge in [0.05, 0.1) is 6.42 Å². The third-order valence-electron chi connectivity index (χ3n) is 3.06. The Hall–Kier alpha value is -0.530. The van der Waals surface area contributed by atoms with E-state index in [2.05, 4.69) is 6.92 Å². The molecule has 2 rings (SSSR count). The number of hydrogen-bond donors (Lipinski definition) is 0. The Morgan fingerprint density at radius 1 is 1.55 bits per heavy atom. The van der Waals surface area contributed by atoms with Gasteiger partial charge < -0.3 is 4.74 Å². The summed E-state index contributed by atoms with van der Waals surface area (Å²) in [5, 5.41) is 0. The van der Waals surface area contributed by atoms with Crippen molar-refractivity contribution in [3.63, 3.8) is 0 Å². The van der Waals surface area contributed by atoms with Crippen LogP contribution in [0.15, 0.2) is 0 Å². The van der Waals surface area contributed by atoms with Crippen molar-refractivity contribution in [1.29, 1.82) is 0 Å². The summed E-state index contributed by atoms with van der Waals surface area (Å²) in [5.74, 6) is 1.25. The summed E-state index contributed by atoms with van der Waals surface area (Å²) in [6, 6.07) is 0. The van der Waals surface area contributed by atoms with Crippen LogP contribution in [0.5, 0.6) is 0 Å². The lowest BCUT2D eigenvalue weighted by Gasteiger charge is -2.14. The van der Waals surface area contributed by atoms with Gasteiger partial charge in [-0.1, -0.05) is 6.92 Å². The fourth-order valence-corrected chi connectivity index (χ4v) is 2.40. The minimum absolute atomic E-state index is 0.0261. The third-order valence-corrected chi connectivity index (χ3v) is 3.06. The minimum Gasteiger partial charge on any atom is -0.462 e. The highest BCUT2D eigenvalue weighted by molar-refractivity contribution is 5.72. The highest BCUT2D eigenvalue weighted by Crippen LogP contribution is 2.41. The van der Waals surface area contributed by atoms with Gasteiger partial charge in [-0.15, -0.1) is 0 Å². The minimum atomic E-state index is 0.0261. The van der Waals surface area contributed by atoms with Gasteiger partial charge in [-0.25, -0.2) is 0 Å². The molecule has 1 saturated heterocycles. The molecule has 62 valence electrons.